The molecule has 116 valence electrons. The van der Waals surface area contributed by atoms with Gasteiger partial charge in [0.2, 0.25) is 0 Å². The summed E-state index contributed by atoms with van der Waals surface area (Å²) in [5.74, 6) is 1.55. The Morgan fingerprint density at radius 1 is 1.38 bits per heavy atom. The molecule has 0 saturated carbocycles. The monoisotopic (exact) mass is 289 g/mol. The molecular weight excluding hydrogens is 262 g/mol. The van der Waals surface area contributed by atoms with Crippen LogP contribution in [0, 0.1) is 0 Å². The molecule has 0 aromatic carbocycles. The molecule has 4 heteroatoms. The summed E-state index contributed by atoms with van der Waals surface area (Å²) in [6.45, 7) is 7.96. The Morgan fingerprint density at radius 3 is 2.76 bits per heavy atom. The molecule has 1 N–H and O–H groups in total. The Morgan fingerprint density at radius 2 is 2.19 bits per heavy atom. The molecule has 0 saturated heterocycles. The van der Waals surface area contributed by atoms with Crippen LogP contribution in [0.2, 0.25) is 0 Å². The van der Waals surface area contributed by atoms with Crippen LogP contribution in [0.3, 0.4) is 0 Å². The van der Waals surface area contributed by atoms with Crippen LogP contribution in [0.4, 0.5) is 5.82 Å². The molecule has 4 nitrogen and oxygen atoms in total. The van der Waals surface area contributed by atoms with Crippen LogP contribution in [0.5, 0.6) is 0 Å². The zero-order valence-corrected chi connectivity index (χ0v) is 13.6. The van der Waals surface area contributed by atoms with Crippen LogP contribution in [-0.2, 0) is 11.3 Å². The van der Waals surface area contributed by atoms with Gasteiger partial charge in [0.15, 0.2) is 0 Å². The maximum atomic E-state index is 5.21. The fourth-order valence-corrected chi connectivity index (χ4v) is 2.59. The smallest absolute Gasteiger partial charge is 0.129 e. The van der Waals surface area contributed by atoms with Crippen molar-refractivity contribution in [1.82, 2.24) is 10.3 Å². The second-order valence-corrected chi connectivity index (χ2v) is 5.93. The average molecular weight is 289 g/mol. The Kier molecular flexibility index (Phi) is 5.76. The van der Waals surface area contributed by atoms with E-state index in [0.29, 0.717) is 5.92 Å². The number of anilines is 1. The minimum absolute atomic E-state index is 0.449. The van der Waals surface area contributed by atoms with E-state index in [1.807, 2.05) is 7.05 Å². The fraction of sp³-hybridized carbons (Fsp3) is 0.588. The highest BCUT2D eigenvalue weighted by Gasteiger charge is 2.15. The number of aromatic nitrogens is 1. The van der Waals surface area contributed by atoms with Gasteiger partial charge in [-0.1, -0.05) is 19.9 Å². The second-order valence-electron chi connectivity index (χ2n) is 5.93. The third kappa shape index (κ3) is 4.29. The van der Waals surface area contributed by atoms with Gasteiger partial charge in [0.05, 0.1) is 6.61 Å². The standard InChI is InChI=1S/C17H27N3O/c1-13(2)16-9-15(11-18-3)10-17(19-16)20-7-5-14(6-8-20)12-21-4/h5,9-10,13,18H,6-8,11-12H2,1-4H3. The Balaban J connectivity index is 2.19. The molecular formula is C17H27N3O. The zero-order valence-electron chi connectivity index (χ0n) is 13.6. The van der Waals surface area contributed by atoms with Gasteiger partial charge in [-0.3, -0.25) is 0 Å². The molecule has 0 atom stereocenters. The number of pyridine rings is 1. The molecule has 0 spiro atoms. The average Bonchev–Trinajstić information content (AvgIpc) is 2.48. The largest absolute Gasteiger partial charge is 0.380 e. The van der Waals surface area contributed by atoms with Crippen molar-refractivity contribution in [3.05, 3.63) is 35.0 Å². The third-order valence-corrected chi connectivity index (χ3v) is 3.82. The first kappa shape index (κ1) is 16.0. The Labute approximate surface area is 128 Å². The Bertz CT molecular complexity index is 497. The SMILES string of the molecule is CNCc1cc(C(C)C)nc(N2CC=C(COC)CC2)c1. The van der Waals surface area contributed by atoms with E-state index >= 15 is 0 Å². The van der Waals surface area contributed by atoms with Gasteiger partial charge in [-0.05, 0) is 42.7 Å². The predicted molar refractivity (Wildman–Crippen MR) is 87.9 cm³/mol. The van der Waals surface area contributed by atoms with Gasteiger partial charge < -0.3 is 15.0 Å². The van der Waals surface area contributed by atoms with Crippen molar-refractivity contribution in [2.24, 2.45) is 0 Å². The zero-order chi connectivity index (χ0) is 15.2. The summed E-state index contributed by atoms with van der Waals surface area (Å²) in [5.41, 5.74) is 3.87. The highest BCUT2D eigenvalue weighted by Crippen LogP contribution is 2.23. The molecule has 0 unspecified atom stereocenters. The number of nitrogens with one attached hydrogen (secondary N) is 1. The number of ether oxygens (including phenoxy) is 1. The molecule has 1 aliphatic rings. The summed E-state index contributed by atoms with van der Waals surface area (Å²) < 4.78 is 5.21. The van der Waals surface area contributed by atoms with Crippen LogP contribution in [0.25, 0.3) is 0 Å². The highest BCUT2D eigenvalue weighted by molar-refractivity contribution is 5.45. The first-order chi connectivity index (χ1) is 10.1. The van der Waals surface area contributed by atoms with Gasteiger partial charge in [0.1, 0.15) is 5.82 Å². The van der Waals surface area contributed by atoms with E-state index in [1.54, 1.807) is 7.11 Å². The van der Waals surface area contributed by atoms with E-state index in [9.17, 15) is 0 Å². The summed E-state index contributed by atoms with van der Waals surface area (Å²) in [7, 11) is 3.74. The van der Waals surface area contributed by atoms with Crippen molar-refractivity contribution in [3.63, 3.8) is 0 Å². The van der Waals surface area contributed by atoms with Crippen LogP contribution in [0.1, 0.15) is 37.4 Å². The van der Waals surface area contributed by atoms with Crippen LogP contribution in [0.15, 0.2) is 23.8 Å². The first-order valence-corrected chi connectivity index (χ1v) is 7.71. The topological polar surface area (TPSA) is 37.4 Å². The van der Waals surface area contributed by atoms with E-state index in [0.717, 1.165) is 38.5 Å². The number of rotatable bonds is 6. The van der Waals surface area contributed by atoms with Crippen molar-refractivity contribution in [2.45, 2.75) is 32.7 Å². The molecule has 0 bridgehead atoms. The number of hydrogen-bond acceptors (Lipinski definition) is 4. The quantitative estimate of drug-likeness (QED) is 0.817. The molecule has 1 aliphatic heterocycles. The molecule has 0 fully saturated rings. The Hall–Kier alpha value is -1.39. The summed E-state index contributed by atoms with van der Waals surface area (Å²) in [6, 6.07) is 4.42. The molecule has 2 rings (SSSR count). The third-order valence-electron chi connectivity index (χ3n) is 3.82. The van der Waals surface area contributed by atoms with E-state index < -0.39 is 0 Å². The van der Waals surface area contributed by atoms with Gasteiger partial charge in [-0.2, -0.15) is 0 Å². The summed E-state index contributed by atoms with van der Waals surface area (Å²) in [4.78, 5) is 7.20. The lowest BCUT2D eigenvalue weighted by molar-refractivity contribution is 0.222. The predicted octanol–water partition coefficient (Wildman–Crippen LogP) is 2.71. The maximum Gasteiger partial charge on any atom is 0.129 e. The number of hydrogen-bond donors (Lipinski definition) is 1. The lowest BCUT2D eigenvalue weighted by Crippen LogP contribution is -2.30. The summed E-state index contributed by atoms with van der Waals surface area (Å²) in [6.07, 6.45) is 3.33. The first-order valence-electron chi connectivity index (χ1n) is 7.71. The lowest BCUT2D eigenvalue weighted by atomic mass is 10.1. The van der Waals surface area contributed by atoms with Gasteiger partial charge in [-0.25, -0.2) is 4.98 Å². The second kappa shape index (κ2) is 7.57. The van der Waals surface area contributed by atoms with Crippen LogP contribution >= 0.6 is 0 Å². The van der Waals surface area contributed by atoms with Gasteiger partial charge >= 0.3 is 0 Å². The van der Waals surface area contributed by atoms with Crippen molar-refractivity contribution in [3.8, 4) is 0 Å². The highest BCUT2D eigenvalue weighted by atomic mass is 16.5. The van der Waals surface area contributed by atoms with Crippen molar-refractivity contribution in [1.29, 1.82) is 0 Å². The fourth-order valence-electron chi connectivity index (χ4n) is 2.59. The number of methoxy groups -OCH3 is 1. The van der Waals surface area contributed by atoms with Gasteiger partial charge in [-0.15, -0.1) is 0 Å². The summed E-state index contributed by atoms with van der Waals surface area (Å²) >= 11 is 0. The van der Waals surface area contributed by atoms with E-state index in [2.05, 4.69) is 42.3 Å². The minimum atomic E-state index is 0.449. The van der Waals surface area contributed by atoms with Gasteiger partial charge in [0.25, 0.3) is 0 Å². The van der Waals surface area contributed by atoms with Crippen LogP contribution in [-0.4, -0.2) is 38.8 Å². The molecule has 2 heterocycles. The molecule has 0 aliphatic carbocycles. The van der Waals surface area contributed by atoms with Gasteiger partial charge in [0, 0.05) is 32.4 Å². The number of nitrogens with zero attached hydrogens (tertiary/aromatic N) is 2. The molecule has 1 aromatic rings. The summed E-state index contributed by atoms with van der Waals surface area (Å²) in [5, 5.41) is 3.23. The van der Waals surface area contributed by atoms with Crippen LogP contribution < -0.4 is 10.2 Å². The lowest BCUT2D eigenvalue weighted by Gasteiger charge is -2.28. The van der Waals surface area contributed by atoms with Crippen molar-refractivity contribution >= 4 is 5.82 Å². The van der Waals surface area contributed by atoms with E-state index in [-0.39, 0.29) is 0 Å². The molecule has 0 amide bonds. The maximum absolute atomic E-state index is 5.21. The normalized spacial score (nSPS) is 15.5. The van der Waals surface area contributed by atoms with E-state index in [4.69, 9.17) is 9.72 Å². The molecule has 0 radical (unpaired) electrons. The van der Waals surface area contributed by atoms with E-state index in [1.165, 1.54) is 16.8 Å². The minimum Gasteiger partial charge on any atom is -0.380 e. The van der Waals surface area contributed by atoms with Crippen molar-refractivity contribution in [2.75, 3.05) is 38.8 Å². The van der Waals surface area contributed by atoms with Crippen molar-refractivity contribution < 1.29 is 4.74 Å². The molecule has 1 aromatic heterocycles. The molecule has 21 heavy (non-hydrogen) atoms.